The topological polar surface area (TPSA) is 40.5 Å². The Morgan fingerprint density at radius 2 is 2.16 bits per heavy atom. The maximum Gasteiger partial charge on any atom is 0.138 e. The number of aliphatic hydroxyl groups excluding tert-OH is 1. The number of β-amino-alcohol motifs (C(OH)–C–C–N with tert-alkyl or cyclic N) is 1. The van der Waals surface area contributed by atoms with Gasteiger partial charge >= 0.3 is 0 Å². The van der Waals surface area contributed by atoms with Crippen molar-refractivity contribution < 1.29 is 9.90 Å². The van der Waals surface area contributed by atoms with Crippen LogP contribution in [0, 0.1) is 39.9 Å². The van der Waals surface area contributed by atoms with Crippen LogP contribution in [0.15, 0.2) is 11.6 Å². The summed E-state index contributed by atoms with van der Waals surface area (Å²) in [6.07, 6.45) is 9.79. The minimum Gasteiger partial charge on any atom is -0.395 e. The molecule has 0 aromatic rings. The minimum atomic E-state index is 0.137. The first-order chi connectivity index (χ1) is 12.0. The smallest absolute Gasteiger partial charge is 0.138 e. The van der Waals surface area contributed by atoms with Gasteiger partial charge in [0.1, 0.15) is 5.78 Å². The normalized spacial score (nSPS) is 58.4. The average molecular weight is 341 g/mol. The molecule has 25 heavy (non-hydrogen) atoms. The second kappa shape index (κ2) is 4.42. The maximum absolute atomic E-state index is 13.6. The summed E-state index contributed by atoms with van der Waals surface area (Å²) in [4.78, 5) is 16.2. The van der Waals surface area contributed by atoms with Crippen LogP contribution in [-0.4, -0.2) is 41.5 Å². The highest BCUT2D eigenvalue weighted by Crippen LogP contribution is 2.80. The van der Waals surface area contributed by atoms with Gasteiger partial charge in [-0.2, -0.15) is 0 Å². The molecule has 5 fully saturated rings. The molecule has 0 aromatic heterocycles. The Morgan fingerprint density at radius 3 is 2.96 bits per heavy atom. The van der Waals surface area contributed by atoms with E-state index in [1.165, 1.54) is 32.1 Å². The van der Waals surface area contributed by atoms with Crippen LogP contribution in [0.4, 0.5) is 0 Å². The van der Waals surface area contributed by atoms with Gasteiger partial charge in [0, 0.05) is 42.3 Å². The van der Waals surface area contributed by atoms with Gasteiger partial charge in [-0.15, -0.1) is 0 Å². The van der Waals surface area contributed by atoms with E-state index in [2.05, 4.69) is 24.8 Å². The molecule has 3 heteroatoms. The number of piperidine rings is 1. The maximum atomic E-state index is 13.6. The number of nitrogens with zero attached hydrogens (tertiary/aromatic N) is 1. The molecule has 1 heterocycles. The molecule has 4 saturated carbocycles. The summed E-state index contributed by atoms with van der Waals surface area (Å²) in [5.41, 5.74) is 2.08. The number of hydrogen-bond acceptors (Lipinski definition) is 3. The van der Waals surface area contributed by atoms with Gasteiger partial charge in [0.05, 0.1) is 6.61 Å². The molecule has 0 aromatic carbocycles. The largest absolute Gasteiger partial charge is 0.395 e. The predicted molar refractivity (Wildman–Crippen MR) is 95.8 cm³/mol. The van der Waals surface area contributed by atoms with Gasteiger partial charge in [-0.3, -0.25) is 9.69 Å². The molecule has 136 valence electrons. The van der Waals surface area contributed by atoms with E-state index >= 15 is 0 Å². The molecule has 7 rings (SSSR count). The van der Waals surface area contributed by atoms with E-state index in [0.29, 0.717) is 23.7 Å². The second-order valence-corrected chi connectivity index (χ2v) is 10.7. The van der Waals surface area contributed by atoms with Crippen molar-refractivity contribution in [2.24, 2.45) is 39.9 Å². The zero-order valence-corrected chi connectivity index (χ0v) is 15.6. The molecule has 3 nitrogen and oxygen atoms in total. The summed E-state index contributed by atoms with van der Waals surface area (Å²) >= 11 is 0. The first kappa shape index (κ1) is 15.4. The van der Waals surface area contributed by atoms with E-state index in [9.17, 15) is 9.90 Å². The number of hydrogen-bond donors (Lipinski definition) is 1. The zero-order valence-electron chi connectivity index (χ0n) is 15.6. The van der Waals surface area contributed by atoms with Crippen molar-refractivity contribution in [3.05, 3.63) is 11.6 Å². The Labute approximate surface area is 150 Å². The molecule has 6 aliphatic carbocycles. The first-order valence-electron chi connectivity index (χ1n) is 10.5. The van der Waals surface area contributed by atoms with Crippen molar-refractivity contribution in [1.82, 2.24) is 4.90 Å². The number of aliphatic hydroxyl groups is 1. The molecule has 1 N–H and O–H groups in total. The number of allylic oxidation sites excluding steroid dienone is 2. The van der Waals surface area contributed by atoms with Gasteiger partial charge < -0.3 is 5.11 Å². The summed E-state index contributed by atoms with van der Waals surface area (Å²) in [6.45, 7) is 6.80. The van der Waals surface area contributed by atoms with Crippen LogP contribution < -0.4 is 0 Å². The van der Waals surface area contributed by atoms with Gasteiger partial charge in [-0.25, -0.2) is 0 Å². The molecule has 8 atom stereocenters. The summed E-state index contributed by atoms with van der Waals surface area (Å²) in [7, 11) is 0. The van der Waals surface area contributed by atoms with E-state index in [1.54, 1.807) is 5.57 Å². The number of ketones is 1. The quantitative estimate of drug-likeness (QED) is 0.785. The fourth-order valence-corrected chi connectivity index (χ4v) is 9.73. The third kappa shape index (κ3) is 1.46. The molecule has 8 unspecified atom stereocenters. The standard InChI is InChI=1S/C22H31NO2/c1-13-10-21-11-16(25)18-20(2)4-3-5-22(18)17(21)9-14(13)8-15(21)19(22)23(12-20)6-7-24/h10,14-15,17-19,24H,3-9,11-12H2,1-2H3. The lowest BCUT2D eigenvalue weighted by Crippen LogP contribution is -2.69. The fourth-order valence-electron chi connectivity index (χ4n) is 9.73. The van der Waals surface area contributed by atoms with E-state index in [1.807, 2.05) is 0 Å². The molecule has 0 radical (unpaired) electrons. The Bertz CT molecular complexity index is 700. The molecule has 6 bridgehead atoms. The molecule has 1 aliphatic heterocycles. The second-order valence-electron chi connectivity index (χ2n) is 10.7. The van der Waals surface area contributed by atoms with Crippen LogP contribution in [0.2, 0.25) is 0 Å². The third-order valence-electron chi connectivity index (χ3n) is 9.86. The molecule has 1 saturated heterocycles. The molecule has 7 aliphatic rings. The summed E-state index contributed by atoms with van der Waals surface area (Å²) < 4.78 is 0. The van der Waals surface area contributed by atoms with E-state index < -0.39 is 0 Å². The van der Waals surface area contributed by atoms with Crippen LogP contribution in [0.5, 0.6) is 0 Å². The number of Topliss-reactive ketones (excluding diaryl/α,β-unsaturated/α-hetero) is 1. The number of rotatable bonds is 2. The Kier molecular flexibility index (Phi) is 2.72. The van der Waals surface area contributed by atoms with Crippen molar-refractivity contribution in [2.45, 2.75) is 58.4 Å². The summed E-state index contributed by atoms with van der Waals surface area (Å²) in [5.74, 6) is 3.03. The summed E-state index contributed by atoms with van der Waals surface area (Å²) in [5, 5.41) is 9.77. The fraction of sp³-hybridized carbons (Fsp3) is 0.864. The Hall–Kier alpha value is -0.670. The third-order valence-corrected chi connectivity index (χ3v) is 9.86. The summed E-state index contributed by atoms with van der Waals surface area (Å²) in [6, 6.07) is 0.545. The van der Waals surface area contributed by atoms with Crippen molar-refractivity contribution in [2.75, 3.05) is 19.7 Å². The molecular formula is C22H31NO2. The molecule has 0 amide bonds. The van der Waals surface area contributed by atoms with Crippen molar-refractivity contribution in [1.29, 1.82) is 0 Å². The van der Waals surface area contributed by atoms with Gasteiger partial charge in [-0.05, 0) is 55.8 Å². The zero-order chi connectivity index (χ0) is 17.2. The van der Waals surface area contributed by atoms with Gasteiger partial charge in [-0.1, -0.05) is 25.0 Å². The van der Waals surface area contributed by atoms with Crippen LogP contribution in [0.25, 0.3) is 0 Å². The van der Waals surface area contributed by atoms with Crippen LogP contribution in [-0.2, 0) is 4.79 Å². The Morgan fingerprint density at radius 1 is 1.32 bits per heavy atom. The first-order valence-corrected chi connectivity index (χ1v) is 10.5. The van der Waals surface area contributed by atoms with E-state index in [-0.39, 0.29) is 22.9 Å². The lowest BCUT2D eigenvalue weighted by molar-refractivity contribution is -0.184. The predicted octanol–water partition coefficient (Wildman–Crippen LogP) is 3.03. The number of carbonyl (C=O) groups is 1. The van der Waals surface area contributed by atoms with Crippen LogP contribution in [0.1, 0.15) is 52.4 Å². The van der Waals surface area contributed by atoms with E-state index in [4.69, 9.17) is 0 Å². The van der Waals surface area contributed by atoms with Crippen LogP contribution in [0.3, 0.4) is 0 Å². The SMILES string of the molecule is CC1=CC23CC(=O)C4C5(C)CCCC46C(C2CC1CC36)N(CCO)C5. The number of likely N-dealkylation sites (tertiary alicyclic amines) is 1. The lowest BCUT2D eigenvalue weighted by Gasteiger charge is -2.66. The van der Waals surface area contributed by atoms with Crippen molar-refractivity contribution in [3.8, 4) is 0 Å². The highest BCUT2D eigenvalue weighted by molar-refractivity contribution is 5.87. The monoisotopic (exact) mass is 341 g/mol. The Balaban J connectivity index is 1.62. The molecule has 2 spiro atoms. The lowest BCUT2D eigenvalue weighted by atomic mass is 9.40. The minimum absolute atomic E-state index is 0.137. The van der Waals surface area contributed by atoms with Crippen molar-refractivity contribution >= 4 is 5.78 Å². The average Bonchev–Trinajstić information content (AvgIpc) is 2.64. The van der Waals surface area contributed by atoms with Crippen molar-refractivity contribution in [3.63, 3.8) is 0 Å². The number of carbonyl (C=O) groups excluding carboxylic acids is 1. The highest BCUT2D eigenvalue weighted by atomic mass is 16.3. The van der Waals surface area contributed by atoms with Gasteiger partial charge in [0.2, 0.25) is 0 Å². The van der Waals surface area contributed by atoms with Gasteiger partial charge in [0.15, 0.2) is 0 Å². The van der Waals surface area contributed by atoms with Gasteiger partial charge in [0.25, 0.3) is 0 Å². The highest BCUT2D eigenvalue weighted by Gasteiger charge is 2.80. The van der Waals surface area contributed by atoms with E-state index in [0.717, 1.165) is 31.3 Å². The molecular weight excluding hydrogens is 310 g/mol. The van der Waals surface area contributed by atoms with Crippen LogP contribution >= 0.6 is 0 Å².